The second-order valence-corrected chi connectivity index (χ2v) is 7.22. The van der Waals surface area contributed by atoms with Gasteiger partial charge in [0, 0.05) is 5.75 Å². The molecule has 2 N–H and O–H groups in total. The van der Waals surface area contributed by atoms with E-state index in [-0.39, 0.29) is 5.41 Å². The molecular weight excluding hydrogens is 282 g/mol. The third kappa shape index (κ3) is 3.18. The van der Waals surface area contributed by atoms with Crippen molar-refractivity contribution in [2.45, 2.75) is 25.8 Å². The van der Waals surface area contributed by atoms with E-state index in [1.807, 2.05) is 18.2 Å². The average Bonchev–Trinajstić information content (AvgIpc) is 2.30. The summed E-state index contributed by atoms with van der Waals surface area (Å²) in [4.78, 5) is 11.8. The zero-order valence-corrected chi connectivity index (χ0v) is 12.6. The van der Waals surface area contributed by atoms with Crippen molar-refractivity contribution in [3.05, 3.63) is 29.3 Å². The summed E-state index contributed by atoms with van der Waals surface area (Å²) in [5.74, 6) is 0.719. The molecule has 1 aromatic carbocycles. The highest BCUT2D eigenvalue weighted by atomic mass is 35.5. The van der Waals surface area contributed by atoms with E-state index in [4.69, 9.17) is 11.6 Å². The molecule has 0 amide bonds. The molecule has 1 aromatic rings. The van der Waals surface area contributed by atoms with E-state index in [1.165, 1.54) is 0 Å². The van der Waals surface area contributed by atoms with Gasteiger partial charge in [0.15, 0.2) is 0 Å². The molecule has 0 bridgehead atoms. The summed E-state index contributed by atoms with van der Waals surface area (Å²) in [6, 6.07) is 7.27. The van der Waals surface area contributed by atoms with Crippen molar-refractivity contribution in [2.24, 2.45) is 5.41 Å². The molecule has 1 saturated heterocycles. The van der Waals surface area contributed by atoms with Gasteiger partial charge in [0.05, 0.1) is 10.7 Å². The first-order chi connectivity index (χ1) is 8.85. The molecule has 1 atom stereocenters. The van der Waals surface area contributed by atoms with Crippen molar-refractivity contribution in [3.8, 4) is 0 Å². The Kier molecular flexibility index (Phi) is 4.02. The van der Waals surface area contributed by atoms with Crippen LogP contribution in [0.1, 0.15) is 20.3 Å². The molecule has 0 saturated carbocycles. The van der Waals surface area contributed by atoms with Crippen LogP contribution in [0, 0.1) is 5.41 Å². The zero-order valence-electron chi connectivity index (χ0n) is 11.1. The molecule has 19 heavy (non-hydrogen) atoms. The summed E-state index contributed by atoms with van der Waals surface area (Å²) < 4.78 is 0. The highest BCUT2D eigenvalue weighted by molar-refractivity contribution is 7.99. The Hall–Kier alpha value is -0.870. The number of halogens is 1. The number of anilines is 1. The van der Waals surface area contributed by atoms with Gasteiger partial charge in [-0.1, -0.05) is 37.6 Å². The first-order valence-electron chi connectivity index (χ1n) is 6.19. The quantitative estimate of drug-likeness (QED) is 0.893. The molecule has 5 heteroatoms. The lowest BCUT2D eigenvalue weighted by molar-refractivity contribution is -0.142. The maximum Gasteiger partial charge on any atom is 0.330 e. The molecule has 104 valence electrons. The summed E-state index contributed by atoms with van der Waals surface area (Å²) in [7, 11) is 0. The third-order valence-corrected chi connectivity index (χ3v) is 5.29. The van der Waals surface area contributed by atoms with Gasteiger partial charge in [-0.2, -0.15) is 11.8 Å². The lowest BCUT2D eigenvalue weighted by Crippen LogP contribution is -2.54. The summed E-state index contributed by atoms with van der Waals surface area (Å²) in [5, 5.41) is 13.4. The van der Waals surface area contributed by atoms with Crippen molar-refractivity contribution < 1.29 is 9.90 Å². The van der Waals surface area contributed by atoms with Crippen LogP contribution >= 0.6 is 23.4 Å². The normalized spacial score (nSPS) is 25.8. The molecule has 3 nitrogen and oxygen atoms in total. The number of hydrogen-bond donors (Lipinski definition) is 2. The van der Waals surface area contributed by atoms with Crippen LogP contribution in [-0.2, 0) is 4.79 Å². The first kappa shape index (κ1) is 14.5. The molecule has 1 fully saturated rings. The van der Waals surface area contributed by atoms with E-state index in [9.17, 15) is 9.90 Å². The lowest BCUT2D eigenvalue weighted by atomic mass is 9.79. The number of benzene rings is 1. The van der Waals surface area contributed by atoms with E-state index in [1.54, 1.807) is 17.8 Å². The fourth-order valence-electron chi connectivity index (χ4n) is 2.51. The number of carboxylic acids is 1. The van der Waals surface area contributed by atoms with Gasteiger partial charge in [0.2, 0.25) is 0 Å². The molecule has 0 aliphatic carbocycles. The van der Waals surface area contributed by atoms with Crippen molar-refractivity contribution in [3.63, 3.8) is 0 Å². The van der Waals surface area contributed by atoms with Gasteiger partial charge in [0.1, 0.15) is 5.54 Å². The van der Waals surface area contributed by atoms with E-state index in [0.717, 1.165) is 5.75 Å². The van der Waals surface area contributed by atoms with Crippen molar-refractivity contribution >= 4 is 35.0 Å². The molecule has 0 spiro atoms. The number of nitrogens with one attached hydrogen (secondary N) is 1. The van der Waals surface area contributed by atoms with Crippen LogP contribution in [0.5, 0.6) is 0 Å². The van der Waals surface area contributed by atoms with Crippen molar-refractivity contribution in [1.29, 1.82) is 0 Å². The Morgan fingerprint density at radius 2 is 2.05 bits per heavy atom. The standard InChI is InChI=1S/C14H18ClNO2S/c1-13(2)7-14(12(17)18,9-19-8-13)16-11-6-4-3-5-10(11)15/h3-6,16H,7-9H2,1-2H3,(H,17,18). The minimum atomic E-state index is -0.947. The van der Waals surface area contributed by atoms with E-state index in [0.29, 0.717) is 22.9 Å². The Balaban J connectivity index is 2.31. The van der Waals surface area contributed by atoms with Gasteiger partial charge < -0.3 is 10.4 Å². The largest absolute Gasteiger partial charge is 0.479 e. The summed E-state index contributed by atoms with van der Waals surface area (Å²) in [6.07, 6.45) is 0.591. The van der Waals surface area contributed by atoms with Crippen molar-refractivity contribution in [1.82, 2.24) is 0 Å². The maximum atomic E-state index is 11.8. The summed E-state index contributed by atoms with van der Waals surface area (Å²) in [6.45, 7) is 4.20. The van der Waals surface area contributed by atoms with Gasteiger partial charge in [-0.15, -0.1) is 0 Å². The number of carbonyl (C=O) groups is 1. The van der Waals surface area contributed by atoms with Crippen molar-refractivity contribution in [2.75, 3.05) is 16.8 Å². The van der Waals surface area contributed by atoms with Crippen LogP contribution in [-0.4, -0.2) is 28.1 Å². The van der Waals surface area contributed by atoms with E-state index >= 15 is 0 Å². The molecule has 0 aromatic heterocycles. The molecule has 0 radical (unpaired) electrons. The second-order valence-electron chi connectivity index (χ2n) is 5.83. The number of aliphatic carboxylic acids is 1. The average molecular weight is 300 g/mol. The van der Waals surface area contributed by atoms with Crippen LogP contribution in [0.2, 0.25) is 5.02 Å². The summed E-state index contributed by atoms with van der Waals surface area (Å²) >= 11 is 7.79. The minimum Gasteiger partial charge on any atom is -0.479 e. The highest BCUT2D eigenvalue weighted by Gasteiger charge is 2.46. The van der Waals surface area contributed by atoms with Gasteiger partial charge in [-0.3, -0.25) is 0 Å². The number of thioether (sulfide) groups is 1. The van der Waals surface area contributed by atoms with Crippen LogP contribution in [0.4, 0.5) is 5.69 Å². The fourth-order valence-corrected chi connectivity index (χ4v) is 4.10. The topological polar surface area (TPSA) is 49.3 Å². The number of rotatable bonds is 3. The van der Waals surface area contributed by atoms with Gasteiger partial charge in [-0.05, 0) is 29.7 Å². The van der Waals surface area contributed by atoms with Crippen LogP contribution in [0.25, 0.3) is 0 Å². The predicted molar refractivity (Wildman–Crippen MR) is 81.2 cm³/mol. The Bertz CT molecular complexity index is 492. The first-order valence-corrected chi connectivity index (χ1v) is 7.72. The van der Waals surface area contributed by atoms with E-state index in [2.05, 4.69) is 19.2 Å². The Morgan fingerprint density at radius 3 is 2.63 bits per heavy atom. The van der Waals surface area contributed by atoms with Gasteiger partial charge >= 0.3 is 5.97 Å². The summed E-state index contributed by atoms with van der Waals surface area (Å²) in [5.41, 5.74) is -0.266. The SMILES string of the molecule is CC1(C)CSCC(Nc2ccccc2Cl)(C(=O)O)C1. The predicted octanol–water partition coefficient (Wildman–Crippen LogP) is 3.74. The second kappa shape index (κ2) is 5.25. The fraction of sp³-hybridized carbons (Fsp3) is 0.500. The molecule has 2 rings (SSSR count). The molecule has 1 heterocycles. The van der Waals surface area contributed by atoms with Crippen LogP contribution in [0.15, 0.2) is 24.3 Å². The van der Waals surface area contributed by atoms with Crippen LogP contribution < -0.4 is 5.32 Å². The lowest BCUT2D eigenvalue weighted by Gasteiger charge is -2.42. The van der Waals surface area contributed by atoms with E-state index < -0.39 is 11.5 Å². The molecular formula is C14H18ClNO2S. The van der Waals surface area contributed by atoms with Gasteiger partial charge in [0.25, 0.3) is 0 Å². The minimum absolute atomic E-state index is 0.00440. The monoisotopic (exact) mass is 299 g/mol. The molecule has 1 aliphatic heterocycles. The third-order valence-electron chi connectivity index (χ3n) is 3.28. The zero-order chi connectivity index (χ0) is 14.1. The van der Waals surface area contributed by atoms with Gasteiger partial charge in [-0.25, -0.2) is 4.79 Å². The molecule has 1 unspecified atom stereocenters. The maximum absolute atomic E-state index is 11.8. The number of para-hydroxylation sites is 1. The Labute approximate surface area is 122 Å². The van der Waals surface area contributed by atoms with Crippen LogP contribution in [0.3, 0.4) is 0 Å². The number of hydrogen-bond acceptors (Lipinski definition) is 3. The smallest absolute Gasteiger partial charge is 0.330 e. The molecule has 1 aliphatic rings. The Morgan fingerprint density at radius 1 is 1.37 bits per heavy atom. The number of carboxylic acid groups (broad SMARTS) is 1. The highest BCUT2D eigenvalue weighted by Crippen LogP contribution is 2.41.